The molecule has 0 spiro atoms. The summed E-state index contributed by atoms with van der Waals surface area (Å²) < 4.78 is 44.4. The number of carbonyl (C=O) groups is 1. The van der Waals surface area contributed by atoms with Crippen molar-refractivity contribution in [1.29, 1.82) is 0 Å². The lowest BCUT2D eigenvalue weighted by Crippen LogP contribution is -2.49. The van der Waals surface area contributed by atoms with E-state index in [2.05, 4.69) is 5.16 Å². The summed E-state index contributed by atoms with van der Waals surface area (Å²) in [6, 6.07) is 14.2. The van der Waals surface area contributed by atoms with E-state index in [1.807, 2.05) is 23.1 Å². The van der Waals surface area contributed by atoms with Crippen molar-refractivity contribution in [1.82, 2.24) is 10.1 Å². The zero-order chi connectivity index (χ0) is 22.9. The van der Waals surface area contributed by atoms with Gasteiger partial charge in [0.05, 0.1) is 5.56 Å². The third-order valence-electron chi connectivity index (χ3n) is 5.46. The van der Waals surface area contributed by atoms with E-state index in [1.54, 1.807) is 23.1 Å². The van der Waals surface area contributed by atoms with Crippen LogP contribution in [0, 0.1) is 0 Å². The summed E-state index contributed by atoms with van der Waals surface area (Å²) in [5.74, 6) is -0.237. The minimum Gasteiger partial charge on any atom is -0.385 e. The Kier molecular flexibility index (Phi) is 5.92. The highest BCUT2D eigenvalue weighted by Crippen LogP contribution is 2.33. The number of benzene rings is 2. The normalized spacial score (nSPS) is 15.7. The highest BCUT2D eigenvalue weighted by atomic mass is 19.4. The summed E-state index contributed by atoms with van der Waals surface area (Å²) in [4.78, 5) is 16.8. The van der Waals surface area contributed by atoms with Crippen molar-refractivity contribution >= 4 is 11.6 Å². The van der Waals surface area contributed by atoms with Crippen molar-refractivity contribution < 1.29 is 27.6 Å². The maximum Gasteiger partial charge on any atom is 0.416 e. The van der Waals surface area contributed by atoms with Gasteiger partial charge in [-0.2, -0.15) is 13.2 Å². The minimum absolute atomic E-state index is 0.0918. The summed E-state index contributed by atoms with van der Waals surface area (Å²) >= 11 is 0. The maximum absolute atomic E-state index is 13.4. The van der Waals surface area contributed by atoms with Crippen LogP contribution in [0.25, 0.3) is 11.3 Å². The van der Waals surface area contributed by atoms with Gasteiger partial charge in [-0.15, -0.1) is 0 Å². The first-order chi connectivity index (χ1) is 15.3. The number of nitrogens with zero attached hydrogens (tertiary/aromatic N) is 3. The van der Waals surface area contributed by atoms with E-state index in [4.69, 9.17) is 4.52 Å². The van der Waals surface area contributed by atoms with E-state index in [0.717, 1.165) is 12.1 Å². The van der Waals surface area contributed by atoms with Crippen molar-refractivity contribution in [3.05, 3.63) is 71.5 Å². The summed E-state index contributed by atoms with van der Waals surface area (Å²) in [6.45, 7) is 2.88. The monoisotopic (exact) mass is 445 g/mol. The molecule has 0 saturated carbocycles. The Bertz CT molecular complexity index is 1090. The Morgan fingerprint density at radius 2 is 1.75 bits per heavy atom. The minimum atomic E-state index is -4.41. The van der Waals surface area contributed by atoms with Gasteiger partial charge in [-0.3, -0.25) is 4.79 Å². The molecule has 9 heteroatoms. The molecule has 1 saturated heterocycles. The van der Waals surface area contributed by atoms with E-state index in [0.29, 0.717) is 43.1 Å². The van der Waals surface area contributed by atoms with Gasteiger partial charge in [-0.05, 0) is 25.1 Å². The lowest BCUT2D eigenvalue weighted by molar-refractivity contribution is -0.137. The van der Waals surface area contributed by atoms with Crippen molar-refractivity contribution in [3.8, 4) is 11.3 Å². The van der Waals surface area contributed by atoms with Gasteiger partial charge in [0.25, 0.3) is 5.91 Å². The number of anilines is 1. The molecule has 1 aromatic heterocycles. The molecule has 168 valence electrons. The second-order valence-corrected chi connectivity index (χ2v) is 7.64. The van der Waals surface area contributed by atoms with E-state index in [9.17, 15) is 23.1 Å². The molecule has 1 aliphatic heterocycles. The van der Waals surface area contributed by atoms with Crippen LogP contribution in [0.15, 0.2) is 59.1 Å². The number of aliphatic hydroxyl groups is 1. The topological polar surface area (TPSA) is 69.8 Å². The molecule has 32 heavy (non-hydrogen) atoms. The van der Waals surface area contributed by atoms with E-state index in [1.165, 1.54) is 13.0 Å². The van der Waals surface area contributed by atoms with Gasteiger partial charge in [0.1, 0.15) is 17.4 Å². The molecule has 1 unspecified atom stereocenters. The van der Waals surface area contributed by atoms with Crippen LogP contribution in [0.2, 0.25) is 0 Å². The average molecular weight is 445 g/mol. The van der Waals surface area contributed by atoms with Crippen LogP contribution < -0.4 is 4.90 Å². The highest BCUT2D eigenvalue weighted by molar-refractivity contribution is 6.01. The van der Waals surface area contributed by atoms with E-state index in [-0.39, 0.29) is 17.2 Å². The predicted molar refractivity (Wildman–Crippen MR) is 112 cm³/mol. The van der Waals surface area contributed by atoms with Gasteiger partial charge in [0, 0.05) is 37.4 Å². The Morgan fingerprint density at radius 1 is 1.06 bits per heavy atom. The van der Waals surface area contributed by atoms with Crippen LogP contribution >= 0.6 is 0 Å². The third kappa shape index (κ3) is 4.34. The van der Waals surface area contributed by atoms with Crippen LogP contribution in [0.4, 0.5) is 18.9 Å². The van der Waals surface area contributed by atoms with Crippen LogP contribution in [0.5, 0.6) is 0 Å². The summed E-state index contributed by atoms with van der Waals surface area (Å²) in [5.41, 5.74) is 1.01. The van der Waals surface area contributed by atoms with Crippen molar-refractivity contribution in [2.75, 3.05) is 31.1 Å². The largest absolute Gasteiger partial charge is 0.416 e. The zero-order valence-electron chi connectivity index (χ0n) is 17.3. The smallest absolute Gasteiger partial charge is 0.385 e. The van der Waals surface area contributed by atoms with Crippen LogP contribution in [0.1, 0.15) is 34.7 Å². The molecule has 1 fully saturated rings. The number of piperazine rings is 1. The number of aromatic nitrogens is 1. The summed E-state index contributed by atoms with van der Waals surface area (Å²) in [6.07, 6.45) is -5.43. The Hall–Kier alpha value is -3.33. The Balaban J connectivity index is 1.54. The SMILES string of the molecule is CC(O)c1onc(-c2ccccc2)c1C(=O)N1CCN(c2cccc(C(F)(F)F)c2)CC1. The van der Waals surface area contributed by atoms with E-state index < -0.39 is 17.8 Å². The first-order valence-electron chi connectivity index (χ1n) is 10.2. The van der Waals surface area contributed by atoms with Gasteiger partial charge in [0.2, 0.25) is 0 Å². The van der Waals surface area contributed by atoms with Crippen LogP contribution in [-0.2, 0) is 6.18 Å². The van der Waals surface area contributed by atoms with Gasteiger partial charge >= 0.3 is 6.18 Å². The number of aliphatic hydroxyl groups excluding tert-OH is 1. The number of amides is 1. The number of hydrogen-bond donors (Lipinski definition) is 1. The molecule has 2 heterocycles. The molecule has 1 atom stereocenters. The average Bonchev–Trinajstić information content (AvgIpc) is 3.24. The quantitative estimate of drug-likeness (QED) is 0.646. The van der Waals surface area contributed by atoms with E-state index >= 15 is 0 Å². The third-order valence-corrected chi connectivity index (χ3v) is 5.46. The molecule has 6 nitrogen and oxygen atoms in total. The highest BCUT2D eigenvalue weighted by Gasteiger charge is 2.33. The lowest BCUT2D eigenvalue weighted by atomic mass is 10.0. The molecule has 3 aromatic rings. The maximum atomic E-state index is 13.4. The molecule has 0 aliphatic carbocycles. The molecular formula is C23H22F3N3O3. The second kappa shape index (κ2) is 8.66. The molecule has 1 N–H and O–H groups in total. The van der Waals surface area contributed by atoms with Gasteiger partial charge in [-0.25, -0.2) is 0 Å². The summed E-state index contributed by atoms with van der Waals surface area (Å²) in [5, 5.41) is 14.1. The molecule has 0 radical (unpaired) electrons. The standard InChI is InChI=1S/C23H22F3N3O3/c1-15(30)21-19(20(27-32-21)16-6-3-2-4-7-16)22(31)29-12-10-28(11-13-29)18-9-5-8-17(14-18)23(24,25)26/h2-9,14-15,30H,10-13H2,1H3. The van der Waals surface area contributed by atoms with Crippen LogP contribution in [-0.4, -0.2) is 47.2 Å². The molecule has 2 aromatic carbocycles. The van der Waals surface area contributed by atoms with Crippen molar-refractivity contribution in [2.45, 2.75) is 19.2 Å². The molecule has 1 amide bonds. The van der Waals surface area contributed by atoms with Crippen LogP contribution in [0.3, 0.4) is 0 Å². The Labute approximate surface area is 182 Å². The van der Waals surface area contributed by atoms with Gasteiger partial charge < -0.3 is 19.4 Å². The van der Waals surface area contributed by atoms with Crippen molar-refractivity contribution in [3.63, 3.8) is 0 Å². The first kappa shape index (κ1) is 21.9. The van der Waals surface area contributed by atoms with Gasteiger partial charge in [0.15, 0.2) is 5.76 Å². The number of carbonyl (C=O) groups excluding carboxylic acids is 1. The number of halogens is 3. The second-order valence-electron chi connectivity index (χ2n) is 7.64. The fraction of sp³-hybridized carbons (Fsp3) is 0.304. The van der Waals surface area contributed by atoms with Gasteiger partial charge in [-0.1, -0.05) is 41.6 Å². The fourth-order valence-corrected chi connectivity index (χ4v) is 3.79. The molecule has 0 bridgehead atoms. The van der Waals surface area contributed by atoms with Crippen molar-refractivity contribution in [2.24, 2.45) is 0 Å². The fourth-order valence-electron chi connectivity index (χ4n) is 3.79. The molecule has 4 rings (SSSR count). The Morgan fingerprint density at radius 3 is 2.38 bits per heavy atom. The number of alkyl halides is 3. The first-order valence-corrected chi connectivity index (χ1v) is 10.2. The number of rotatable bonds is 4. The zero-order valence-corrected chi connectivity index (χ0v) is 17.3. The number of hydrogen-bond acceptors (Lipinski definition) is 5. The lowest BCUT2D eigenvalue weighted by Gasteiger charge is -2.36. The summed E-state index contributed by atoms with van der Waals surface area (Å²) in [7, 11) is 0. The molecule has 1 aliphatic rings. The predicted octanol–water partition coefficient (Wildman–Crippen LogP) is 4.38. The molecular weight excluding hydrogens is 423 g/mol.